The summed E-state index contributed by atoms with van der Waals surface area (Å²) in [5, 5.41) is 18.3. The Labute approximate surface area is 80.6 Å². The monoisotopic (exact) mass is 203 g/mol. The fourth-order valence-electron chi connectivity index (χ4n) is 1.54. The van der Waals surface area contributed by atoms with E-state index < -0.39 is 18.3 Å². The average molecular weight is 203 g/mol. The van der Waals surface area contributed by atoms with Crippen LogP contribution in [0.3, 0.4) is 0 Å². The van der Waals surface area contributed by atoms with Crippen molar-refractivity contribution in [2.45, 2.75) is 25.4 Å². The Balaban J connectivity index is 2.72. The van der Waals surface area contributed by atoms with Crippen molar-refractivity contribution in [2.24, 2.45) is 5.73 Å². The van der Waals surface area contributed by atoms with E-state index in [1.165, 1.54) is 0 Å². The lowest BCUT2D eigenvalue weighted by atomic mass is 10.1. The molecule has 1 fully saturated rings. The highest BCUT2D eigenvalue weighted by molar-refractivity contribution is 5.72. The van der Waals surface area contributed by atoms with E-state index in [2.05, 4.69) is 0 Å². The quantitative estimate of drug-likeness (QED) is 0.419. The van der Waals surface area contributed by atoms with Crippen LogP contribution in [-0.2, 0) is 0 Å². The molecule has 7 heteroatoms. The molecular weight excluding hydrogens is 190 g/mol. The number of carbonyl (C=O) groups is 2. The van der Waals surface area contributed by atoms with Crippen molar-refractivity contribution in [3.05, 3.63) is 0 Å². The van der Waals surface area contributed by atoms with Gasteiger partial charge in [0.15, 0.2) is 0 Å². The number of piperidine rings is 1. The second kappa shape index (κ2) is 4.14. The molecule has 0 aromatic carbocycles. The highest BCUT2D eigenvalue weighted by atomic mass is 16.5. The largest absolute Gasteiger partial charge is 0.465 e. The summed E-state index contributed by atoms with van der Waals surface area (Å²) in [5.74, 6) is 0. The van der Waals surface area contributed by atoms with E-state index in [4.69, 9.17) is 10.8 Å². The summed E-state index contributed by atoms with van der Waals surface area (Å²) in [6, 6.07) is -1.04. The van der Waals surface area contributed by atoms with E-state index in [1.807, 2.05) is 0 Å². The number of primary amides is 1. The molecular formula is C7H13N3O4. The molecule has 0 aromatic heterocycles. The number of amides is 3. The summed E-state index contributed by atoms with van der Waals surface area (Å²) in [6.07, 6.45) is -0.103. The number of nitrogens with zero attached hydrogens (tertiary/aromatic N) is 2. The maximum atomic E-state index is 10.7. The summed E-state index contributed by atoms with van der Waals surface area (Å²) in [6.45, 7) is 0.310. The first-order valence-corrected chi connectivity index (χ1v) is 4.31. The van der Waals surface area contributed by atoms with Gasteiger partial charge in [-0.1, -0.05) is 0 Å². The first-order chi connectivity index (χ1) is 6.54. The number of carboxylic acid groups (broad SMARTS) is 1. The molecule has 3 amide bonds. The maximum absolute atomic E-state index is 10.7. The van der Waals surface area contributed by atoms with Crippen LogP contribution in [0.25, 0.3) is 0 Å². The number of rotatable bonds is 1. The van der Waals surface area contributed by atoms with Gasteiger partial charge in [0.05, 0.1) is 0 Å². The van der Waals surface area contributed by atoms with Crippen molar-refractivity contribution < 1.29 is 19.9 Å². The Kier molecular flexibility index (Phi) is 3.13. The van der Waals surface area contributed by atoms with Gasteiger partial charge in [0, 0.05) is 6.54 Å². The molecule has 1 aliphatic rings. The lowest BCUT2D eigenvalue weighted by Crippen LogP contribution is -2.54. The molecule has 0 radical (unpaired) electrons. The van der Waals surface area contributed by atoms with Gasteiger partial charge in [-0.15, -0.1) is 0 Å². The molecule has 0 saturated carbocycles. The first kappa shape index (κ1) is 10.6. The molecule has 7 nitrogen and oxygen atoms in total. The topological polar surface area (TPSA) is 107 Å². The van der Waals surface area contributed by atoms with Crippen LogP contribution in [0.1, 0.15) is 19.3 Å². The standard InChI is InChI=1S/C7H13N3O4/c8-6(11)10(14)5-3-1-2-4-9(5)7(12)13/h5,14H,1-4H2,(H2,8,11)(H,12,13)/t5-/m1/s1. The highest BCUT2D eigenvalue weighted by Gasteiger charge is 2.32. The van der Waals surface area contributed by atoms with Crippen molar-refractivity contribution in [1.82, 2.24) is 9.96 Å². The molecule has 0 aromatic rings. The Morgan fingerprint density at radius 2 is 2.07 bits per heavy atom. The van der Waals surface area contributed by atoms with Gasteiger partial charge in [-0.25, -0.2) is 9.59 Å². The minimum absolute atomic E-state index is 0.271. The zero-order valence-electron chi connectivity index (χ0n) is 7.59. The Morgan fingerprint density at radius 3 is 2.57 bits per heavy atom. The van der Waals surface area contributed by atoms with Gasteiger partial charge in [-0.05, 0) is 19.3 Å². The number of hydrogen-bond acceptors (Lipinski definition) is 3. The Hall–Kier alpha value is -1.50. The molecule has 1 saturated heterocycles. The number of nitrogens with two attached hydrogens (primary N) is 1. The molecule has 1 aliphatic heterocycles. The zero-order valence-corrected chi connectivity index (χ0v) is 7.59. The lowest BCUT2D eigenvalue weighted by Gasteiger charge is -2.36. The fraction of sp³-hybridized carbons (Fsp3) is 0.714. The van der Waals surface area contributed by atoms with Gasteiger partial charge in [0.2, 0.25) is 0 Å². The van der Waals surface area contributed by atoms with Crippen LogP contribution in [0.2, 0.25) is 0 Å². The van der Waals surface area contributed by atoms with Gasteiger partial charge in [-0.2, -0.15) is 5.06 Å². The molecule has 0 aliphatic carbocycles. The number of hydrogen-bond donors (Lipinski definition) is 3. The first-order valence-electron chi connectivity index (χ1n) is 4.31. The third-order valence-corrected chi connectivity index (χ3v) is 2.22. The number of urea groups is 1. The second-order valence-corrected chi connectivity index (χ2v) is 3.14. The summed E-state index contributed by atoms with van der Waals surface area (Å²) < 4.78 is 0. The molecule has 14 heavy (non-hydrogen) atoms. The van der Waals surface area contributed by atoms with Gasteiger partial charge in [0.1, 0.15) is 6.17 Å². The second-order valence-electron chi connectivity index (χ2n) is 3.14. The van der Waals surface area contributed by atoms with Crippen molar-refractivity contribution in [2.75, 3.05) is 6.54 Å². The molecule has 1 heterocycles. The van der Waals surface area contributed by atoms with E-state index in [0.29, 0.717) is 13.0 Å². The van der Waals surface area contributed by atoms with E-state index in [1.54, 1.807) is 0 Å². The predicted molar refractivity (Wildman–Crippen MR) is 45.6 cm³/mol. The molecule has 0 bridgehead atoms. The molecule has 0 unspecified atom stereocenters. The van der Waals surface area contributed by atoms with Crippen molar-refractivity contribution >= 4 is 12.1 Å². The van der Waals surface area contributed by atoms with Crippen LogP contribution >= 0.6 is 0 Å². The SMILES string of the molecule is NC(=O)N(O)[C@@H]1CCCCN1C(=O)O. The van der Waals surface area contributed by atoms with E-state index in [-0.39, 0.29) is 5.06 Å². The van der Waals surface area contributed by atoms with Crippen LogP contribution in [0.5, 0.6) is 0 Å². The third-order valence-electron chi connectivity index (χ3n) is 2.22. The smallest absolute Gasteiger partial charge is 0.409 e. The summed E-state index contributed by atoms with van der Waals surface area (Å²) >= 11 is 0. The third kappa shape index (κ3) is 2.05. The zero-order chi connectivity index (χ0) is 10.7. The molecule has 80 valence electrons. The van der Waals surface area contributed by atoms with Gasteiger partial charge in [-0.3, -0.25) is 10.1 Å². The minimum atomic E-state index is -1.16. The van der Waals surface area contributed by atoms with Crippen molar-refractivity contribution in [1.29, 1.82) is 0 Å². The van der Waals surface area contributed by atoms with Gasteiger partial charge in [0.25, 0.3) is 0 Å². The molecule has 0 spiro atoms. The van der Waals surface area contributed by atoms with Crippen molar-refractivity contribution in [3.63, 3.8) is 0 Å². The lowest BCUT2D eigenvalue weighted by molar-refractivity contribution is -0.128. The maximum Gasteiger partial charge on any atom is 0.409 e. The number of carbonyl (C=O) groups excluding carboxylic acids is 1. The number of likely N-dealkylation sites (tertiary alicyclic amines) is 1. The van der Waals surface area contributed by atoms with Gasteiger partial charge < -0.3 is 10.8 Å². The highest BCUT2D eigenvalue weighted by Crippen LogP contribution is 2.18. The van der Waals surface area contributed by atoms with E-state index in [9.17, 15) is 14.8 Å². The summed E-state index contributed by atoms with van der Waals surface area (Å²) in [4.78, 5) is 22.4. The molecule has 1 rings (SSSR count). The van der Waals surface area contributed by atoms with Gasteiger partial charge >= 0.3 is 12.1 Å². The summed E-state index contributed by atoms with van der Waals surface area (Å²) in [5.41, 5.74) is 4.85. The predicted octanol–water partition coefficient (Wildman–Crippen LogP) is 0.246. The normalized spacial score (nSPS) is 21.8. The van der Waals surface area contributed by atoms with Crippen LogP contribution in [0.4, 0.5) is 9.59 Å². The van der Waals surface area contributed by atoms with E-state index >= 15 is 0 Å². The average Bonchev–Trinajstić information content (AvgIpc) is 2.16. The minimum Gasteiger partial charge on any atom is -0.465 e. The fourth-order valence-corrected chi connectivity index (χ4v) is 1.54. The molecule has 1 atom stereocenters. The number of hydroxylamine groups is 2. The van der Waals surface area contributed by atoms with Crippen molar-refractivity contribution in [3.8, 4) is 0 Å². The van der Waals surface area contributed by atoms with Crippen LogP contribution in [0.15, 0.2) is 0 Å². The van der Waals surface area contributed by atoms with E-state index in [0.717, 1.165) is 17.7 Å². The Bertz CT molecular complexity index is 245. The molecule has 4 N–H and O–H groups in total. The Morgan fingerprint density at radius 1 is 1.43 bits per heavy atom. The van der Waals surface area contributed by atoms with Crippen LogP contribution in [-0.4, -0.2) is 45.1 Å². The van der Waals surface area contributed by atoms with Crippen LogP contribution in [0, 0.1) is 0 Å². The van der Waals surface area contributed by atoms with Crippen LogP contribution < -0.4 is 5.73 Å². The summed E-state index contributed by atoms with van der Waals surface area (Å²) in [7, 11) is 0.